The highest BCUT2D eigenvalue weighted by Crippen LogP contribution is 2.18. The Morgan fingerprint density at radius 1 is 1.25 bits per heavy atom. The SMILES string of the molecule is O=C(Cn1cncn1)N/N=C\c1ccccc1OCc1ccc([N+](=O)[O-])cc1. The summed E-state index contributed by atoms with van der Waals surface area (Å²) in [7, 11) is 0. The predicted octanol–water partition coefficient (Wildman–Crippen LogP) is 1.92. The zero-order valence-corrected chi connectivity index (χ0v) is 14.6. The van der Waals surface area contributed by atoms with Gasteiger partial charge in [0.15, 0.2) is 0 Å². The van der Waals surface area contributed by atoms with Gasteiger partial charge in [-0.3, -0.25) is 14.9 Å². The van der Waals surface area contributed by atoms with Crippen LogP contribution in [-0.4, -0.2) is 31.8 Å². The summed E-state index contributed by atoms with van der Waals surface area (Å²) in [4.78, 5) is 25.8. The van der Waals surface area contributed by atoms with Crippen LogP contribution in [0.25, 0.3) is 0 Å². The van der Waals surface area contributed by atoms with E-state index in [0.29, 0.717) is 11.3 Å². The molecule has 0 saturated heterocycles. The first-order valence-electron chi connectivity index (χ1n) is 8.21. The lowest BCUT2D eigenvalue weighted by molar-refractivity contribution is -0.384. The Hall–Kier alpha value is -4.08. The Kier molecular flexibility index (Phi) is 6.03. The first kappa shape index (κ1) is 18.7. The van der Waals surface area contributed by atoms with Gasteiger partial charge in [-0.15, -0.1) is 0 Å². The van der Waals surface area contributed by atoms with Gasteiger partial charge in [0.1, 0.15) is 31.6 Å². The number of carbonyl (C=O) groups is 1. The molecule has 10 nitrogen and oxygen atoms in total. The monoisotopic (exact) mass is 380 g/mol. The molecule has 1 N–H and O–H groups in total. The second-order valence-electron chi connectivity index (χ2n) is 5.64. The lowest BCUT2D eigenvalue weighted by Gasteiger charge is -2.09. The van der Waals surface area contributed by atoms with Gasteiger partial charge in [0.25, 0.3) is 11.6 Å². The summed E-state index contributed by atoms with van der Waals surface area (Å²) in [5.74, 6) is 0.223. The molecule has 0 aliphatic rings. The summed E-state index contributed by atoms with van der Waals surface area (Å²) >= 11 is 0. The van der Waals surface area contributed by atoms with Crippen molar-refractivity contribution in [2.45, 2.75) is 13.2 Å². The number of aromatic nitrogens is 3. The standard InChI is InChI=1S/C18H16N6O4/c25-18(10-23-13-19-12-21-23)22-20-9-15-3-1-2-4-17(15)28-11-14-5-7-16(8-6-14)24(26)27/h1-9,12-13H,10-11H2,(H,22,25)/b20-9-. The molecule has 10 heteroatoms. The average molecular weight is 380 g/mol. The molecular weight excluding hydrogens is 364 g/mol. The van der Waals surface area contributed by atoms with Gasteiger partial charge >= 0.3 is 0 Å². The first-order chi connectivity index (χ1) is 13.6. The summed E-state index contributed by atoms with van der Waals surface area (Å²) in [6.45, 7) is 0.247. The van der Waals surface area contributed by atoms with E-state index in [1.54, 1.807) is 24.3 Å². The number of nitrogens with one attached hydrogen (secondary N) is 1. The molecule has 0 aliphatic carbocycles. The molecule has 142 valence electrons. The van der Waals surface area contributed by atoms with E-state index in [2.05, 4.69) is 20.6 Å². The van der Waals surface area contributed by atoms with Crippen molar-refractivity contribution < 1.29 is 14.5 Å². The second-order valence-corrected chi connectivity index (χ2v) is 5.64. The zero-order valence-electron chi connectivity index (χ0n) is 14.6. The number of nitro groups is 1. The van der Waals surface area contributed by atoms with Gasteiger partial charge in [0.2, 0.25) is 0 Å². The van der Waals surface area contributed by atoms with Crippen molar-refractivity contribution in [3.05, 3.63) is 82.4 Å². The smallest absolute Gasteiger partial charge is 0.269 e. The van der Waals surface area contributed by atoms with Crippen LogP contribution in [0.5, 0.6) is 5.75 Å². The van der Waals surface area contributed by atoms with E-state index in [-0.39, 0.29) is 24.7 Å². The van der Waals surface area contributed by atoms with Crippen LogP contribution in [-0.2, 0) is 17.9 Å². The van der Waals surface area contributed by atoms with Crippen LogP contribution in [0.1, 0.15) is 11.1 Å². The fourth-order valence-electron chi connectivity index (χ4n) is 2.26. The Bertz CT molecular complexity index is 970. The molecule has 1 heterocycles. The number of non-ortho nitro benzene ring substituents is 1. The molecule has 0 unspecified atom stereocenters. The van der Waals surface area contributed by atoms with Crippen molar-refractivity contribution in [1.82, 2.24) is 20.2 Å². The lowest BCUT2D eigenvalue weighted by Crippen LogP contribution is -2.23. The number of hydrogen-bond acceptors (Lipinski definition) is 7. The molecule has 3 aromatic rings. The van der Waals surface area contributed by atoms with Gasteiger partial charge < -0.3 is 4.74 Å². The highest BCUT2D eigenvalue weighted by atomic mass is 16.6. The topological polar surface area (TPSA) is 125 Å². The zero-order chi connectivity index (χ0) is 19.8. The van der Waals surface area contributed by atoms with E-state index in [1.165, 1.54) is 35.7 Å². The molecule has 0 atom stereocenters. The largest absolute Gasteiger partial charge is 0.488 e. The third-order valence-electron chi connectivity index (χ3n) is 3.63. The van der Waals surface area contributed by atoms with Crippen molar-refractivity contribution >= 4 is 17.8 Å². The van der Waals surface area contributed by atoms with E-state index < -0.39 is 4.92 Å². The van der Waals surface area contributed by atoms with Crippen LogP contribution in [0.2, 0.25) is 0 Å². The van der Waals surface area contributed by atoms with E-state index in [9.17, 15) is 14.9 Å². The molecule has 28 heavy (non-hydrogen) atoms. The lowest BCUT2D eigenvalue weighted by atomic mass is 10.2. The maximum absolute atomic E-state index is 11.8. The fraction of sp³-hybridized carbons (Fsp3) is 0.111. The first-order valence-corrected chi connectivity index (χ1v) is 8.21. The number of carbonyl (C=O) groups excluding carboxylic acids is 1. The number of amides is 1. The van der Waals surface area contributed by atoms with Crippen molar-refractivity contribution in [3.63, 3.8) is 0 Å². The van der Waals surface area contributed by atoms with Crippen molar-refractivity contribution in [2.24, 2.45) is 5.10 Å². The molecular formula is C18H16N6O4. The fourth-order valence-corrected chi connectivity index (χ4v) is 2.26. The second kappa shape index (κ2) is 9.03. The predicted molar refractivity (Wildman–Crippen MR) is 99.6 cm³/mol. The average Bonchev–Trinajstić information content (AvgIpc) is 3.20. The number of nitro benzene ring substituents is 1. The Balaban J connectivity index is 1.57. The van der Waals surface area contributed by atoms with Crippen molar-refractivity contribution in [1.29, 1.82) is 0 Å². The molecule has 1 amide bonds. The van der Waals surface area contributed by atoms with E-state index >= 15 is 0 Å². The summed E-state index contributed by atoms with van der Waals surface area (Å²) < 4.78 is 7.15. The maximum atomic E-state index is 11.8. The quantitative estimate of drug-likeness (QED) is 0.362. The Morgan fingerprint density at radius 2 is 2.04 bits per heavy atom. The molecule has 3 rings (SSSR count). The van der Waals surface area contributed by atoms with Crippen molar-refractivity contribution in [2.75, 3.05) is 0 Å². The minimum atomic E-state index is -0.451. The van der Waals surface area contributed by atoms with E-state index in [1.807, 2.05) is 12.1 Å². The van der Waals surface area contributed by atoms with Crippen LogP contribution in [0, 0.1) is 10.1 Å². The van der Waals surface area contributed by atoms with Crippen molar-refractivity contribution in [3.8, 4) is 5.75 Å². The van der Waals surface area contributed by atoms with Gasteiger partial charge in [-0.25, -0.2) is 15.1 Å². The number of nitrogens with zero attached hydrogens (tertiary/aromatic N) is 5. The van der Waals surface area contributed by atoms with Gasteiger partial charge in [-0.05, 0) is 29.8 Å². The van der Waals surface area contributed by atoms with Crippen LogP contribution >= 0.6 is 0 Å². The molecule has 2 aromatic carbocycles. The number of ether oxygens (including phenoxy) is 1. The summed E-state index contributed by atoms with van der Waals surface area (Å²) in [5.41, 5.74) is 3.90. The molecule has 0 bridgehead atoms. The van der Waals surface area contributed by atoms with E-state index in [0.717, 1.165) is 5.56 Å². The minimum absolute atomic E-state index is 0.00955. The number of rotatable bonds is 8. The normalized spacial score (nSPS) is 10.7. The van der Waals surface area contributed by atoms with Gasteiger partial charge in [0.05, 0.1) is 11.1 Å². The maximum Gasteiger partial charge on any atom is 0.269 e. The number of benzene rings is 2. The Labute approximate surface area is 159 Å². The molecule has 0 saturated carbocycles. The summed E-state index contributed by atoms with van der Waals surface area (Å²) in [6, 6.07) is 13.3. The van der Waals surface area contributed by atoms with Gasteiger partial charge in [-0.1, -0.05) is 12.1 Å². The van der Waals surface area contributed by atoms with Crippen LogP contribution in [0.15, 0.2) is 66.3 Å². The molecule has 0 fully saturated rings. The molecule has 0 aliphatic heterocycles. The van der Waals surface area contributed by atoms with E-state index in [4.69, 9.17) is 4.74 Å². The van der Waals surface area contributed by atoms with Crippen LogP contribution < -0.4 is 10.2 Å². The van der Waals surface area contributed by atoms with Gasteiger partial charge in [-0.2, -0.15) is 10.2 Å². The van der Waals surface area contributed by atoms with Crippen LogP contribution in [0.3, 0.4) is 0 Å². The Morgan fingerprint density at radius 3 is 2.75 bits per heavy atom. The molecule has 1 aromatic heterocycles. The number of hydrogen-bond donors (Lipinski definition) is 1. The number of para-hydroxylation sites is 1. The van der Waals surface area contributed by atoms with Crippen LogP contribution in [0.4, 0.5) is 5.69 Å². The molecule has 0 spiro atoms. The summed E-state index contributed by atoms with van der Waals surface area (Å²) in [6.07, 6.45) is 4.25. The highest BCUT2D eigenvalue weighted by Gasteiger charge is 2.06. The number of hydrazone groups is 1. The van der Waals surface area contributed by atoms with Gasteiger partial charge in [0, 0.05) is 17.7 Å². The highest BCUT2D eigenvalue weighted by molar-refractivity contribution is 5.85. The molecule has 0 radical (unpaired) electrons. The third kappa shape index (κ3) is 5.21. The summed E-state index contributed by atoms with van der Waals surface area (Å²) in [5, 5.41) is 18.5. The third-order valence-corrected chi connectivity index (χ3v) is 3.63. The minimum Gasteiger partial charge on any atom is -0.488 e.